The number of alkyl halides is 2. The average molecular weight is 259 g/mol. The number of benzene rings is 1. The van der Waals surface area contributed by atoms with Crippen molar-refractivity contribution < 1.29 is 18.3 Å². The first kappa shape index (κ1) is 11.5. The SMILES string of the molecule is NC(=S)NN=Cc1ccc2c(c1)OC(F)(F)O2. The molecule has 0 saturated heterocycles. The maximum atomic E-state index is 12.7. The third-order valence-electron chi connectivity index (χ3n) is 1.81. The van der Waals surface area contributed by atoms with E-state index in [2.05, 4.69) is 32.2 Å². The van der Waals surface area contributed by atoms with E-state index in [0.717, 1.165) is 0 Å². The Morgan fingerprint density at radius 2 is 2.12 bits per heavy atom. The van der Waals surface area contributed by atoms with Crippen molar-refractivity contribution in [3.05, 3.63) is 23.8 Å². The molecule has 17 heavy (non-hydrogen) atoms. The van der Waals surface area contributed by atoms with E-state index in [1.165, 1.54) is 24.4 Å². The highest BCUT2D eigenvalue weighted by Crippen LogP contribution is 2.40. The Morgan fingerprint density at radius 1 is 1.41 bits per heavy atom. The summed E-state index contributed by atoms with van der Waals surface area (Å²) in [6.45, 7) is 0. The van der Waals surface area contributed by atoms with E-state index >= 15 is 0 Å². The Balaban J connectivity index is 2.14. The molecule has 0 spiro atoms. The first-order chi connectivity index (χ1) is 7.96. The number of nitrogens with zero attached hydrogens (tertiary/aromatic N) is 1. The molecule has 8 heteroatoms. The lowest BCUT2D eigenvalue weighted by Crippen LogP contribution is -2.25. The molecule has 2 rings (SSSR count). The van der Waals surface area contributed by atoms with Gasteiger partial charge in [-0.3, -0.25) is 5.43 Å². The zero-order valence-corrected chi connectivity index (χ0v) is 9.13. The molecule has 0 radical (unpaired) electrons. The predicted octanol–water partition coefficient (Wildman–Crippen LogP) is 1.18. The van der Waals surface area contributed by atoms with Crippen molar-refractivity contribution in [3.63, 3.8) is 0 Å². The van der Waals surface area contributed by atoms with Crippen LogP contribution in [-0.4, -0.2) is 17.6 Å². The van der Waals surface area contributed by atoms with E-state index in [9.17, 15) is 8.78 Å². The second-order valence-electron chi connectivity index (χ2n) is 3.11. The monoisotopic (exact) mass is 259 g/mol. The van der Waals surface area contributed by atoms with Gasteiger partial charge in [-0.05, 0) is 36.0 Å². The molecule has 1 heterocycles. The Hall–Kier alpha value is -1.96. The molecule has 3 N–H and O–H groups in total. The van der Waals surface area contributed by atoms with Gasteiger partial charge in [-0.1, -0.05) is 0 Å². The van der Waals surface area contributed by atoms with Crippen molar-refractivity contribution in [1.29, 1.82) is 0 Å². The predicted molar refractivity (Wildman–Crippen MR) is 60.2 cm³/mol. The summed E-state index contributed by atoms with van der Waals surface area (Å²) in [6, 6.07) is 4.26. The van der Waals surface area contributed by atoms with Gasteiger partial charge < -0.3 is 15.2 Å². The standard InChI is InChI=1S/C9H7F2N3O2S/c10-9(11)15-6-2-1-5(3-7(6)16-9)4-13-14-8(12)17/h1-4H,(H3,12,14,17). The average Bonchev–Trinajstić information content (AvgIpc) is 2.50. The van der Waals surface area contributed by atoms with Gasteiger partial charge in [0.1, 0.15) is 0 Å². The van der Waals surface area contributed by atoms with Crippen LogP contribution in [0, 0.1) is 0 Å². The molecule has 0 bridgehead atoms. The minimum absolute atomic E-state index is 0.00790. The number of hydrogen-bond acceptors (Lipinski definition) is 4. The molecule has 5 nitrogen and oxygen atoms in total. The van der Waals surface area contributed by atoms with Gasteiger partial charge >= 0.3 is 6.29 Å². The van der Waals surface area contributed by atoms with Crippen LogP contribution in [0.5, 0.6) is 11.5 Å². The minimum atomic E-state index is -3.62. The second kappa shape index (κ2) is 4.13. The first-order valence-corrected chi connectivity index (χ1v) is 4.85. The molecule has 0 aromatic heterocycles. The second-order valence-corrected chi connectivity index (χ2v) is 3.55. The van der Waals surface area contributed by atoms with Crippen LogP contribution in [0.15, 0.2) is 23.3 Å². The van der Waals surface area contributed by atoms with Gasteiger partial charge in [-0.25, -0.2) is 0 Å². The number of hydrazone groups is 1. The van der Waals surface area contributed by atoms with Crippen LogP contribution in [-0.2, 0) is 0 Å². The smallest absolute Gasteiger partial charge is 0.395 e. The van der Waals surface area contributed by atoms with E-state index < -0.39 is 6.29 Å². The van der Waals surface area contributed by atoms with Crippen molar-refractivity contribution in [2.24, 2.45) is 10.8 Å². The van der Waals surface area contributed by atoms with Crippen LogP contribution in [0.25, 0.3) is 0 Å². The summed E-state index contributed by atoms with van der Waals surface area (Å²) in [5.74, 6) is -0.0660. The zero-order chi connectivity index (χ0) is 12.5. The van der Waals surface area contributed by atoms with E-state index in [-0.39, 0.29) is 16.6 Å². The van der Waals surface area contributed by atoms with Crippen LogP contribution >= 0.6 is 12.2 Å². The van der Waals surface area contributed by atoms with Gasteiger partial charge in [0.05, 0.1) is 6.21 Å². The van der Waals surface area contributed by atoms with E-state index in [4.69, 9.17) is 5.73 Å². The maximum Gasteiger partial charge on any atom is 0.586 e. The summed E-state index contributed by atoms with van der Waals surface area (Å²) in [4.78, 5) is 0. The number of nitrogens with two attached hydrogens (primary N) is 1. The Morgan fingerprint density at radius 3 is 2.82 bits per heavy atom. The Bertz CT molecular complexity index is 493. The van der Waals surface area contributed by atoms with Crippen LogP contribution in [0.4, 0.5) is 8.78 Å². The van der Waals surface area contributed by atoms with E-state index in [1.807, 2.05) is 0 Å². The molecular formula is C9H7F2N3O2S. The van der Waals surface area contributed by atoms with E-state index in [1.54, 1.807) is 0 Å². The minimum Gasteiger partial charge on any atom is -0.395 e. The van der Waals surface area contributed by atoms with Crippen LogP contribution < -0.4 is 20.6 Å². The topological polar surface area (TPSA) is 68.9 Å². The molecule has 0 fully saturated rings. The van der Waals surface area contributed by atoms with Gasteiger partial charge in [0.15, 0.2) is 16.6 Å². The largest absolute Gasteiger partial charge is 0.586 e. The summed E-state index contributed by atoms with van der Waals surface area (Å²) >= 11 is 4.53. The fourth-order valence-electron chi connectivity index (χ4n) is 1.22. The van der Waals surface area contributed by atoms with Crippen molar-refractivity contribution >= 4 is 23.5 Å². The number of rotatable bonds is 2. The summed E-state index contributed by atoms with van der Waals surface area (Å²) < 4.78 is 33.9. The van der Waals surface area contributed by atoms with Gasteiger partial charge in [-0.15, -0.1) is 8.78 Å². The lowest BCUT2D eigenvalue weighted by Gasteiger charge is -2.04. The molecule has 0 amide bonds. The summed E-state index contributed by atoms with van der Waals surface area (Å²) in [5.41, 5.74) is 8.02. The first-order valence-electron chi connectivity index (χ1n) is 4.45. The molecule has 0 aliphatic carbocycles. The number of nitrogens with one attached hydrogen (secondary N) is 1. The highest BCUT2D eigenvalue weighted by atomic mass is 32.1. The Labute approximate surface area is 100 Å². The summed E-state index contributed by atoms with van der Waals surface area (Å²) in [6.07, 6.45) is -2.26. The molecule has 0 saturated carbocycles. The zero-order valence-electron chi connectivity index (χ0n) is 8.31. The lowest BCUT2D eigenvalue weighted by molar-refractivity contribution is -0.286. The van der Waals surface area contributed by atoms with E-state index in [0.29, 0.717) is 5.56 Å². The molecule has 1 aliphatic heterocycles. The van der Waals surface area contributed by atoms with Crippen LogP contribution in [0.3, 0.4) is 0 Å². The fourth-order valence-corrected chi connectivity index (χ4v) is 1.27. The van der Waals surface area contributed by atoms with Gasteiger partial charge in [0.2, 0.25) is 0 Å². The maximum absolute atomic E-state index is 12.7. The molecule has 1 aromatic carbocycles. The normalized spacial score (nSPS) is 16.1. The molecule has 1 aliphatic rings. The number of ether oxygens (including phenoxy) is 2. The number of hydrogen-bond donors (Lipinski definition) is 2. The third kappa shape index (κ3) is 2.78. The van der Waals surface area contributed by atoms with Crippen LogP contribution in [0.1, 0.15) is 5.56 Å². The molecular weight excluding hydrogens is 252 g/mol. The molecule has 1 aromatic rings. The van der Waals surface area contributed by atoms with Crippen molar-refractivity contribution in [2.75, 3.05) is 0 Å². The molecule has 0 atom stereocenters. The summed E-state index contributed by atoms with van der Waals surface area (Å²) in [7, 11) is 0. The van der Waals surface area contributed by atoms with Crippen molar-refractivity contribution in [2.45, 2.75) is 6.29 Å². The fraction of sp³-hybridized carbons (Fsp3) is 0.111. The quantitative estimate of drug-likeness (QED) is 0.474. The molecule has 90 valence electrons. The highest BCUT2D eigenvalue weighted by Gasteiger charge is 2.43. The summed E-state index contributed by atoms with van der Waals surface area (Å²) in [5, 5.41) is 3.69. The number of thiocarbonyl (C=S) groups is 1. The molecule has 0 unspecified atom stereocenters. The van der Waals surface area contributed by atoms with Gasteiger partial charge in [0, 0.05) is 0 Å². The Kier molecular flexibility index (Phi) is 2.80. The van der Waals surface area contributed by atoms with Gasteiger partial charge in [0.25, 0.3) is 0 Å². The third-order valence-corrected chi connectivity index (χ3v) is 1.90. The van der Waals surface area contributed by atoms with Crippen molar-refractivity contribution in [1.82, 2.24) is 5.43 Å². The van der Waals surface area contributed by atoms with Crippen LogP contribution in [0.2, 0.25) is 0 Å². The van der Waals surface area contributed by atoms with Crippen molar-refractivity contribution in [3.8, 4) is 11.5 Å². The number of fused-ring (bicyclic) bond motifs is 1. The number of halogens is 2. The van der Waals surface area contributed by atoms with Gasteiger partial charge in [-0.2, -0.15) is 5.10 Å². The highest BCUT2D eigenvalue weighted by molar-refractivity contribution is 7.80. The lowest BCUT2D eigenvalue weighted by atomic mass is 10.2.